The molecule has 1 heterocycles. The van der Waals surface area contributed by atoms with Crippen LogP contribution in [0.4, 0.5) is 0 Å². The SMILES string of the molecule is CCn1c(C)ccc(C(=O)Cl)c1=O. The van der Waals surface area contributed by atoms with Gasteiger partial charge in [-0.05, 0) is 37.6 Å². The van der Waals surface area contributed by atoms with Gasteiger partial charge in [0, 0.05) is 12.2 Å². The summed E-state index contributed by atoms with van der Waals surface area (Å²) in [5.74, 6) is 0. The smallest absolute Gasteiger partial charge is 0.262 e. The number of nitrogens with zero attached hydrogens (tertiary/aromatic N) is 1. The topological polar surface area (TPSA) is 39.1 Å². The molecule has 4 heteroatoms. The van der Waals surface area contributed by atoms with Crippen molar-refractivity contribution in [3.8, 4) is 0 Å². The van der Waals surface area contributed by atoms with E-state index in [0.717, 1.165) is 5.69 Å². The third kappa shape index (κ3) is 1.80. The number of pyridine rings is 1. The highest BCUT2D eigenvalue weighted by molar-refractivity contribution is 6.67. The van der Waals surface area contributed by atoms with Crippen molar-refractivity contribution >= 4 is 16.8 Å². The molecular weight excluding hydrogens is 190 g/mol. The predicted molar refractivity (Wildman–Crippen MR) is 51.3 cm³/mol. The van der Waals surface area contributed by atoms with E-state index in [0.29, 0.717) is 6.54 Å². The van der Waals surface area contributed by atoms with Crippen molar-refractivity contribution in [1.82, 2.24) is 4.57 Å². The van der Waals surface area contributed by atoms with Crippen molar-refractivity contribution < 1.29 is 4.79 Å². The van der Waals surface area contributed by atoms with Crippen molar-refractivity contribution in [2.75, 3.05) is 0 Å². The zero-order valence-electron chi connectivity index (χ0n) is 7.50. The van der Waals surface area contributed by atoms with E-state index in [-0.39, 0.29) is 11.1 Å². The van der Waals surface area contributed by atoms with Crippen LogP contribution in [0.2, 0.25) is 0 Å². The molecule has 0 amide bonds. The van der Waals surface area contributed by atoms with E-state index in [4.69, 9.17) is 11.6 Å². The lowest BCUT2D eigenvalue weighted by molar-refractivity contribution is 0.107. The molecule has 0 N–H and O–H groups in total. The normalized spacial score (nSPS) is 10.1. The molecule has 0 saturated heterocycles. The summed E-state index contributed by atoms with van der Waals surface area (Å²) >= 11 is 5.24. The molecule has 0 aliphatic rings. The Balaban J connectivity index is 3.45. The standard InChI is InChI=1S/C9H10ClNO2/c1-3-11-6(2)4-5-7(8(10)12)9(11)13/h4-5H,3H2,1-2H3. The fraction of sp³-hybridized carbons (Fsp3) is 0.333. The van der Waals surface area contributed by atoms with Gasteiger partial charge in [0.15, 0.2) is 0 Å². The van der Waals surface area contributed by atoms with Crippen LogP contribution in [-0.2, 0) is 6.54 Å². The molecule has 13 heavy (non-hydrogen) atoms. The second-order valence-corrected chi connectivity index (χ2v) is 3.05. The number of hydrogen-bond donors (Lipinski definition) is 0. The lowest BCUT2D eigenvalue weighted by Crippen LogP contribution is -2.25. The van der Waals surface area contributed by atoms with E-state index in [9.17, 15) is 9.59 Å². The highest BCUT2D eigenvalue weighted by Gasteiger charge is 2.09. The van der Waals surface area contributed by atoms with Crippen molar-refractivity contribution in [3.05, 3.63) is 33.7 Å². The zero-order valence-corrected chi connectivity index (χ0v) is 8.26. The third-order valence-corrected chi connectivity index (χ3v) is 2.12. The quantitative estimate of drug-likeness (QED) is 0.678. The minimum Gasteiger partial charge on any atom is -0.313 e. The lowest BCUT2D eigenvalue weighted by Gasteiger charge is -2.06. The number of carbonyl (C=O) groups is 1. The molecule has 1 aromatic rings. The number of hydrogen-bond acceptors (Lipinski definition) is 2. The summed E-state index contributed by atoms with van der Waals surface area (Å²) < 4.78 is 1.51. The molecule has 70 valence electrons. The van der Waals surface area contributed by atoms with Crippen LogP contribution in [0.1, 0.15) is 23.0 Å². The van der Waals surface area contributed by atoms with Crippen LogP contribution >= 0.6 is 11.6 Å². The van der Waals surface area contributed by atoms with E-state index in [1.165, 1.54) is 10.6 Å². The average molecular weight is 200 g/mol. The molecule has 3 nitrogen and oxygen atoms in total. The van der Waals surface area contributed by atoms with Gasteiger partial charge in [0.05, 0.1) is 5.56 Å². The first-order valence-electron chi connectivity index (χ1n) is 3.98. The van der Waals surface area contributed by atoms with Crippen molar-refractivity contribution in [2.45, 2.75) is 20.4 Å². The van der Waals surface area contributed by atoms with Crippen LogP contribution < -0.4 is 5.56 Å². The second-order valence-electron chi connectivity index (χ2n) is 2.71. The van der Waals surface area contributed by atoms with E-state index in [2.05, 4.69) is 0 Å². The van der Waals surface area contributed by atoms with Crippen LogP contribution in [0.5, 0.6) is 0 Å². The predicted octanol–water partition coefficient (Wildman–Crippen LogP) is 1.56. The van der Waals surface area contributed by atoms with Crippen LogP contribution in [0.25, 0.3) is 0 Å². The summed E-state index contributed by atoms with van der Waals surface area (Å²) in [6.07, 6.45) is 0. The van der Waals surface area contributed by atoms with Gasteiger partial charge in [-0.1, -0.05) is 0 Å². The number of rotatable bonds is 2. The van der Waals surface area contributed by atoms with Crippen molar-refractivity contribution in [3.63, 3.8) is 0 Å². The summed E-state index contributed by atoms with van der Waals surface area (Å²) in [6, 6.07) is 3.17. The van der Waals surface area contributed by atoms with Crippen LogP contribution in [0, 0.1) is 6.92 Å². The molecule has 0 atom stereocenters. The van der Waals surface area contributed by atoms with Crippen molar-refractivity contribution in [2.24, 2.45) is 0 Å². The first-order chi connectivity index (χ1) is 6.07. The van der Waals surface area contributed by atoms with Gasteiger partial charge >= 0.3 is 0 Å². The Morgan fingerprint density at radius 2 is 2.15 bits per heavy atom. The van der Waals surface area contributed by atoms with E-state index in [1.54, 1.807) is 6.07 Å². The Hall–Kier alpha value is -1.09. The third-order valence-electron chi connectivity index (χ3n) is 1.92. The van der Waals surface area contributed by atoms with E-state index in [1.807, 2.05) is 13.8 Å². The van der Waals surface area contributed by atoms with Gasteiger partial charge in [-0.15, -0.1) is 0 Å². The monoisotopic (exact) mass is 199 g/mol. The molecule has 0 spiro atoms. The molecule has 0 radical (unpaired) electrons. The second kappa shape index (κ2) is 3.75. The van der Waals surface area contributed by atoms with E-state index < -0.39 is 5.24 Å². The molecule has 0 aliphatic carbocycles. The maximum Gasteiger partial charge on any atom is 0.262 e. The molecule has 1 rings (SSSR count). The molecule has 1 aromatic heterocycles. The highest BCUT2D eigenvalue weighted by atomic mass is 35.5. The summed E-state index contributed by atoms with van der Waals surface area (Å²) in [4.78, 5) is 22.3. The molecule has 0 saturated carbocycles. The fourth-order valence-corrected chi connectivity index (χ4v) is 1.36. The highest BCUT2D eigenvalue weighted by Crippen LogP contribution is 2.01. The Morgan fingerprint density at radius 1 is 1.54 bits per heavy atom. The maximum absolute atomic E-state index is 11.5. The number of aromatic nitrogens is 1. The van der Waals surface area contributed by atoms with Gasteiger partial charge < -0.3 is 4.57 Å². The first-order valence-corrected chi connectivity index (χ1v) is 4.36. The largest absolute Gasteiger partial charge is 0.313 e. The molecule has 0 unspecified atom stereocenters. The summed E-state index contributed by atoms with van der Waals surface area (Å²) in [7, 11) is 0. The fourth-order valence-electron chi connectivity index (χ4n) is 1.21. The lowest BCUT2D eigenvalue weighted by atomic mass is 10.2. The van der Waals surface area contributed by atoms with Gasteiger partial charge in [0.2, 0.25) is 0 Å². The van der Waals surface area contributed by atoms with Gasteiger partial charge in [-0.25, -0.2) is 0 Å². The summed E-state index contributed by atoms with van der Waals surface area (Å²) in [5.41, 5.74) is 0.547. The minimum absolute atomic E-state index is 0.0362. The maximum atomic E-state index is 11.5. The molecule has 0 bridgehead atoms. The van der Waals surface area contributed by atoms with Gasteiger partial charge in [-0.3, -0.25) is 9.59 Å². The van der Waals surface area contributed by atoms with Gasteiger partial charge in [0.25, 0.3) is 10.8 Å². The van der Waals surface area contributed by atoms with Crippen LogP contribution in [-0.4, -0.2) is 9.81 Å². The van der Waals surface area contributed by atoms with Crippen LogP contribution in [0.3, 0.4) is 0 Å². The Bertz CT molecular complexity index is 395. The summed E-state index contributed by atoms with van der Waals surface area (Å²) in [5, 5.41) is -0.702. The Labute approximate surface area is 80.9 Å². The number of carbonyl (C=O) groups excluding carboxylic acids is 1. The average Bonchev–Trinajstić information content (AvgIpc) is 2.04. The van der Waals surface area contributed by atoms with Gasteiger partial charge in [0.1, 0.15) is 0 Å². The first kappa shape index (κ1) is 9.99. The van der Waals surface area contributed by atoms with E-state index >= 15 is 0 Å². The zero-order chi connectivity index (χ0) is 10.0. The molecule has 0 aromatic carbocycles. The number of halogens is 1. The Kier molecular flexibility index (Phi) is 2.88. The number of aryl methyl sites for hydroxylation is 1. The molecular formula is C9H10ClNO2. The van der Waals surface area contributed by atoms with Crippen LogP contribution in [0.15, 0.2) is 16.9 Å². The molecule has 0 fully saturated rings. The molecule has 0 aliphatic heterocycles. The van der Waals surface area contributed by atoms with Gasteiger partial charge in [-0.2, -0.15) is 0 Å². The van der Waals surface area contributed by atoms with Crippen molar-refractivity contribution in [1.29, 1.82) is 0 Å². The minimum atomic E-state index is -0.702. The summed E-state index contributed by atoms with van der Waals surface area (Å²) in [6.45, 7) is 4.20. The Morgan fingerprint density at radius 3 is 2.62 bits per heavy atom.